The lowest BCUT2D eigenvalue weighted by atomic mass is 10.0. The Morgan fingerprint density at radius 2 is 2.27 bits per heavy atom. The number of likely N-dealkylation sites (N-methyl/N-ethyl adjacent to an activating group) is 2. The molecule has 0 aliphatic carbocycles. The van der Waals surface area contributed by atoms with Gasteiger partial charge in [0.1, 0.15) is 0 Å². The molecule has 1 fully saturated rings. The van der Waals surface area contributed by atoms with E-state index in [4.69, 9.17) is 0 Å². The maximum atomic E-state index is 11.3. The van der Waals surface area contributed by atoms with Gasteiger partial charge in [-0.05, 0) is 26.8 Å². The van der Waals surface area contributed by atoms with Crippen LogP contribution in [0.5, 0.6) is 0 Å². The van der Waals surface area contributed by atoms with Gasteiger partial charge in [-0.25, -0.2) is 0 Å². The maximum absolute atomic E-state index is 11.3. The van der Waals surface area contributed by atoms with Gasteiger partial charge in [-0.15, -0.1) is 0 Å². The molecule has 1 rings (SSSR count). The lowest BCUT2D eigenvalue weighted by molar-refractivity contribution is -0.122. The van der Waals surface area contributed by atoms with Crippen LogP contribution in [0.25, 0.3) is 0 Å². The molecule has 0 aromatic rings. The summed E-state index contributed by atoms with van der Waals surface area (Å²) in [6.07, 6.45) is 1.11. The molecule has 0 spiro atoms. The van der Waals surface area contributed by atoms with Crippen molar-refractivity contribution >= 4 is 5.91 Å². The van der Waals surface area contributed by atoms with Crippen molar-refractivity contribution in [1.29, 1.82) is 0 Å². The largest absolute Gasteiger partial charge is 0.358 e. The average molecular weight is 213 g/mol. The zero-order valence-electron chi connectivity index (χ0n) is 10.3. The van der Waals surface area contributed by atoms with Crippen molar-refractivity contribution in [2.45, 2.75) is 38.8 Å². The van der Waals surface area contributed by atoms with Crippen molar-refractivity contribution in [2.75, 3.05) is 26.7 Å². The van der Waals surface area contributed by atoms with Crippen molar-refractivity contribution in [2.24, 2.45) is 0 Å². The quantitative estimate of drug-likeness (QED) is 0.701. The third kappa shape index (κ3) is 3.47. The van der Waals surface area contributed by atoms with Crippen LogP contribution in [0, 0.1) is 0 Å². The number of hydrogen-bond donors (Lipinski definition) is 2. The Morgan fingerprint density at radius 3 is 2.67 bits per heavy atom. The molecule has 0 aromatic heterocycles. The highest BCUT2D eigenvalue weighted by Gasteiger charge is 2.33. The Balaban J connectivity index is 2.49. The molecule has 0 bridgehead atoms. The first-order valence-corrected chi connectivity index (χ1v) is 5.68. The Morgan fingerprint density at radius 1 is 1.60 bits per heavy atom. The van der Waals surface area contributed by atoms with Gasteiger partial charge in [0.25, 0.3) is 0 Å². The van der Waals surface area contributed by atoms with Gasteiger partial charge in [-0.2, -0.15) is 0 Å². The van der Waals surface area contributed by atoms with Crippen molar-refractivity contribution in [1.82, 2.24) is 15.5 Å². The normalized spacial score (nSPS) is 24.5. The molecule has 0 aromatic carbocycles. The number of carbonyl (C=O) groups excluding carboxylic acids is 1. The van der Waals surface area contributed by atoms with Gasteiger partial charge in [0, 0.05) is 25.2 Å². The van der Waals surface area contributed by atoms with Crippen molar-refractivity contribution in [3.8, 4) is 0 Å². The Bertz CT molecular complexity index is 228. The minimum atomic E-state index is 0.0987. The van der Waals surface area contributed by atoms with E-state index in [0.717, 1.165) is 19.5 Å². The van der Waals surface area contributed by atoms with Gasteiger partial charge in [0.15, 0.2) is 0 Å². The highest BCUT2D eigenvalue weighted by Crippen LogP contribution is 2.21. The van der Waals surface area contributed by atoms with Crippen molar-refractivity contribution in [3.63, 3.8) is 0 Å². The van der Waals surface area contributed by atoms with Gasteiger partial charge in [0.2, 0.25) is 5.91 Å². The van der Waals surface area contributed by atoms with Crippen LogP contribution < -0.4 is 10.6 Å². The second kappa shape index (κ2) is 4.94. The molecule has 1 aliphatic rings. The third-order valence-electron chi connectivity index (χ3n) is 3.11. The number of rotatable bonds is 4. The van der Waals surface area contributed by atoms with Crippen LogP contribution in [0.2, 0.25) is 0 Å². The molecule has 1 heterocycles. The Labute approximate surface area is 92.4 Å². The SMILES string of the molecule is CCN(CC(=O)NC)C1CNC(C)(C)C1. The van der Waals surface area contributed by atoms with Crippen LogP contribution in [-0.2, 0) is 4.79 Å². The van der Waals surface area contributed by atoms with Crippen LogP contribution in [0.15, 0.2) is 0 Å². The second-order valence-corrected chi connectivity index (χ2v) is 4.86. The second-order valence-electron chi connectivity index (χ2n) is 4.86. The first kappa shape index (κ1) is 12.5. The minimum Gasteiger partial charge on any atom is -0.358 e. The van der Waals surface area contributed by atoms with Crippen LogP contribution >= 0.6 is 0 Å². The van der Waals surface area contributed by atoms with Crippen LogP contribution in [0.1, 0.15) is 27.2 Å². The first-order valence-electron chi connectivity index (χ1n) is 5.68. The summed E-state index contributed by atoms with van der Waals surface area (Å²) in [5, 5.41) is 6.15. The van der Waals surface area contributed by atoms with E-state index < -0.39 is 0 Å². The van der Waals surface area contributed by atoms with Crippen LogP contribution in [0.4, 0.5) is 0 Å². The van der Waals surface area contributed by atoms with E-state index >= 15 is 0 Å². The molecule has 4 heteroatoms. The summed E-state index contributed by atoms with van der Waals surface area (Å²) in [5.41, 5.74) is 0.209. The molecule has 1 saturated heterocycles. The van der Waals surface area contributed by atoms with E-state index in [2.05, 4.69) is 36.3 Å². The lowest BCUT2D eigenvalue weighted by Crippen LogP contribution is -2.43. The van der Waals surface area contributed by atoms with Crippen LogP contribution in [0.3, 0.4) is 0 Å². The molecule has 1 amide bonds. The van der Waals surface area contributed by atoms with Crippen LogP contribution in [-0.4, -0.2) is 49.1 Å². The molecule has 2 N–H and O–H groups in total. The molecule has 1 atom stereocenters. The van der Waals surface area contributed by atoms with E-state index in [9.17, 15) is 4.79 Å². The number of nitrogens with zero attached hydrogens (tertiary/aromatic N) is 1. The van der Waals surface area contributed by atoms with E-state index in [1.54, 1.807) is 7.05 Å². The predicted octanol–water partition coefficient (Wildman–Crippen LogP) is 0.195. The standard InChI is InChI=1S/C11H23N3O/c1-5-14(8-10(15)12-4)9-6-11(2,3)13-7-9/h9,13H,5-8H2,1-4H3,(H,12,15). The first-order chi connectivity index (χ1) is 6.98. The highest BCUT2D eigenvalue weighted by molar-refractivity contribution is 5.77. The van der Waals surface area contributed by atoms with E-state index in [1.807, 2.05) is 0 Å². The van der Waals surface area contributed by atoms with E-state index in [1.165, 1.54) is 0 Å². The summed E-state index contributed by atoms with van der Waals surface area (Å²) >= 11 is 0. The fraction of sp³-hybridized carbons (Fsp3) is 0.909. The zero-order valence-corrected chi connectivity index (χ0v) is 10.3. The third-order valence-corrected chi connectivity index (χ3v) is 3.11. The number of hydrogen-bond acceptors (Lipinski definition) is 3. The Kier molecular flexibility index (Phi) is 4.11. The van der Waals surface area contributed by atoms with Gasteiger partial charge in [-0.3, -0.25) is 9.69 Å². The number of nitrogens with one attached hydrogen (secondary N) is 2. The molecule has 0 saturated carbocycles. The maximum Gasteiger partial charge on any atom is 0.233 e. The lowest BCUT2D eigenvalue weighted by Gasteiger charge is -2.27. The van der Waals surface area contributed by atoms with Crippen molar-refractivity contribution < 1.29 is 4.79 Å². The minimum absolute atomic E-state index is 0.0987. The highest BCUT2D eigenvalue weighted by atomic mass is 16.1. The number of carbonyl (C=O) groups is 1. The number of amides is 1. The fourth-order valence-corrected chi connectivity index (χ4v) is 2.15. The summed E-state index contributed by atoms with van der Waals surface area (Å²) in [6.45, 7) is 8.94. The smallest absolute Gasteiger partial charge is 0.233 e. The zero-order chi connectivity index (χ0) is 11.5. The monoisotopic (exact) mass is 213 g/mol. The summed E-state index contributed by atoms with van der Waals surface area (Å²) in [7, 11) is 1.69. The predicted molar refractivity (Wildman–Crippen MR) is 61.8 cm³/mol. The molecule has 15 heavy (non-hydrogen) atoms. The molecule has 4 nitrogen and oxygen atoms in total. The molecule has 1 aliphatic heterocycles. The fourth-order valence-electron chi connectivity index (χ4n) is 2.15. The molecule has 0 radical (unpaired) electrons. The summed E-state index contributed by atoms with van der Waals surface area (Å²) < 4.78 is 0. The van der Waals surface area contributed by atoms with Gasteiger partial charge in [0.05, 0.1) is 6.54 Å². The summed E-state index contributed by atoms with van der Waals surface area (Å²) in [5.74, 6) is 0.0987. The van der Waals surface area contributed by atoms with Gasteiger partial charge in [-0.1, -0.05) is 6.92 Å². The Hall–Kier alpha value is -0.610. The van der Waals surface area contributed by atoms with Gasteiger partial charge < -0.3 is 10.6 Å². The van der Waals surface area contributed by atoms with Gasteiger partial charge >= 0.3 is 0 Å². The molecule has 1 unspecified atom stereocenters. The topological polar surface area (TPSA) is 44.4 Å². The van der Waals surface area contributed by atoms with Crippen molar-refractivity contribution in [3.05, 3.63) is 0 Å². The van der Waals surface area contributed by atoms with E-state index in [0.29, 0.717) is 12.6 Å². The molecular weight excluding hydrogens is 190 g/mol. The summed E-state index contributed by atoms with van der Waals surface area (Å²) in [6, 6.07) is 0.488. The average Bonchev–Trinajstić information content (AvgIpc) is 2.54. The molecule has 88 valence electrons. The molecular formula is C11H23N3O. The summed E-state index contributed by atoms with van der Waals surface area (Å²) in [4.78, 5) is 13.6. The van der Waals surface area contributed by atoms with E-state index in [-0.39, 0.29) is 11.4 Å².